The Morgan fingerprint density at radius 3 is 3.07 bits per heavy atom. The Balaban J connectivity index is 2.53. The lowest BCUT2D eigenvalue weighted by atomic mass is 10.2. The highest BCUT2D eigenvalue weighted by atomic mass is 32.2. The number of nitrogens with two attached hydrogens (primary N) is 1. The molecule has 2 atom stereocenters. The standard InChI is InChI=1S/C9H17N3O2S/c1-15(14)4-2-3-12-7-11-5-9(12)8(10)6-13/h5,7-8,13H,2-4,6,10H2,1H3. The minimum atomic E-state index is -0.761. The van der Waals surface area contributed by atoms with Crippen molar-refractivity contribution in [2.24, 2.45) is 5.73 Å². The predicted molar refractivity (Wildman–Crippen MR) is 59.8 cm³/mol. The molecule has 1 aromatic rings. The van der Waals surface area contributed by atoms with Crippen LogP contribution in [0.25, 0.3) is 0 Å². The molecule has 3 N–H and O–H groups in total. The van der Waals surface area contributed by atoms with Crippen molar-refractivity contribution in [2.45, 2.75) is 19.0 Å². The second-order valence-corrected chi connectivity index (χ2v) is 4.99. The van der Waals surface area contributed by atoms with Gasteiger partial charge in [-0.25, -0.2) is 4.98 Å². The van der Waals surface area contributed by atoms with Crippen molar-refractivity contribution in [1.29, 1.82) is 0 Å². The Labute approximate surface area is 91.8 Å². The summed E-state index contributed by atoms with van der Waals surface area (Å²) in [5, 5.41) is 8.93. The van der Waals surface area contributed by atoms with Gasteiger partial charge >= 0.3 is 0 Å². The monoisotopic (exact) mass is 231 g/mol. The van der Waals surface area contributed by atoms with E-state index in [1.807, 2.05) is 4.57 Å². The lowest BCUT2D eigenvalue weighted by Crippen LogP contribution is -2.19. The van der Waals surface area contributed by atoms with Crippen LogP contribution in [0.4, 0.5) is 0 Å². The fourth-order valence-corrected chi connectivity index (χ4v) is 1.89. The average molecular weight is 231 g/mol. The van der Waals surface area contributed by atoms with Gasteiger partial charge in [-0.3, -0.25) is 4.21 Å². The van der Waals surface area contributed by atoms with Crippen LogP contribution in [-0.4, -0.2) is 37.5 Å². The van der Waals surface area contributed by atoms with E-state index in [1.165, 1.54) is 0 Å². The molecule has 0 aliphatic carbocycles. The van der Waals surface area contributed by atoms with E-state index < -0.39 is 10.8 Å². The summed E-state index contributed by atoms with van der Waals surface area (Å²) in [5.41, 5.74) is 6.52. The number of imidazole rings is 1. The SMILES string of the molecule is CS(=O)CCCn1cncc1C(N)CO. The van der Waals surface area contributed by atoms with Gasteiger partial charge in [0.2, 0.25) is 0 Å². The predicted octanol–water partition coefficient (Wildman–Crippen LogP) is -0.356. The third-order valence-corrected chi connectivity index (χ3v) is 3.02. The molecule has 86 valence electrons. The summed E-state index contributed by atoms with van der Waals surface area (Å²) < 4.78 is 12.8. The highest BCUT2D eigenvalue weighted by Gasteiger charge is 2.09. The van der Waals surface area contributed by atoms with E-state index in [2.05, 4.69) is 4.98 Å². The number of aliphatic hydroxyl groups excluding tert-OH is 1. The number of hydrogen-bond donors (Lipinski definition) is 2. The first-order valence-electron chi connectivity index (χ1n) is 4.81. The minimum Gasteiger partial charge on any atom is -0.394 e. The molecular weight excluding hydrogens is 214 g/mol. The van der Waals surface area contributed by atoms with Crippen LogP contribution in [0.15, 0.2) is 12.5 Å². The van der Waals surface area contributed by atoms with Gasteiger partial charge in [0.15, 0.2) is 0 Å². The normalized spacial score (nSPS) is 15.1. The highest BCUT2D eigenvalue weighted by Crippen LogP contribution is 2.09. The van der Waals surface area contributed by atoms with Crippen molar-refractivity contribution < 1.29 is 9.32 Å². The molecule has 0 saturated carbocycles. The topological polar surface area (TPSA) is 81.1 Å². The van der Waals surface area contributed by atoms with Gasteiger partial charge in [-0.1, -0.05) is 0 Å². The summed E-state index contributed by atoms with van der Waals surface area (Å²) in [4.78, 5) is 3.98. The molecule has 15 heavy (non-hydrogen) atoms. The molecule has 0 aromatic carbocycles. The molecule has 0 saturated heterocycles. The van der Waals surface area contributed by atoms with E-state index >= 15 is 0 Å². The summed E-state index contributed by atoms with van der Waals surface area (Å²) in [6.45, 7) is 0.647. The van der Waals surface area contributed by atoms with Gasteiger partial charge < -0.3 is 15.4 Å². The molecule has 1 rings (SSSR count). The van der Waals surface area contributed by atoms with Crippen LogP contribution in [0, 0.1) is 0 Å². The third kappa shape index (κ3) is 3.73. The van der Waals surface area contributed by atoms with Gasteiger partial charge in [0.25, 0.3) is 0 Å². The molecule has 6 heteroatoms. The van der Waals surface area contributed by atoms with Crippen LogP contribution in [-0.2, 0) is 17.3 Å². The highest BCUT2D eigenvalue weighted by molar-refractivity contribution is 7.84. The van der Waals surface area contributed by atoms with E-state index in [0.717, 1.165) is 18.7 Å². The number of aliphatic hydroxyl groups is 1. The Bertz CT molecular complexity index is 327. The van der Waals surface area contributed by atoms with E-state index in [4.69, 9.17) is 10.8 Å². The quantitative estimate of drug-likeness (QED) is 0.701. The molecule has 0 aliphatic rings. The van der Waals surface area contributed by atoms with E-state index in [-0.39, 0.29) is 12.6 Å². The zero-order valence-corrected chi connectivity index (χ0v) is 9.61. The van der Waals surface area contributed by atoms with Gasteiger partial charge in [-0.05, 0) is 6.42 Å². The number of aromatic nitrogens is 2. The Kier molecular flexibility index (Phi) is 4.93. The largest absolute Gasteiger partial charge is 0.394 e. The minimum absolute atomic E-state index is 0.0919. The number of rotatable bonds is 6. The first-order chi connectivity index (χ1) is 7.15. The molecule has 0 bridgehead atoms. The first-order valence-corrected chi connectivity index (χ1v) is 6.54. The van der Waals surface area contributed by atoms with E-state index in [9.17, 15) is 4.21 Å². The van der Waals surface area contributed by atoms with Crippen molar-refractivity contribution in [1.82, 2.24) is 9.55 Å². The zero-order chi connectivity index (χ0) is 11.3. The Morgan fingerprint density at radius 2 is 2.47 bits per heavy atom. The van der Waals surface area contributed by atoms with Gasteiger partial charge in [-0.2, -0.15) is 0 Å². The van der Waals surface area contributed by atoms with Crippen LogP contribution < -0.4 is 5.73 Å². The maximum absolute atomic E-state index is 10.9. The van der Waals surface area contributed by atoms with Crippen molar-refractivity contribution in [3.05, 3.63) is 18.2 Å². The molecule has 0 aliphatic heterocycles. The van der Waals surface area contributed by atoms with Crippen LogP contribution >= 0.6 is 0 Å². The van der Waals surface area contributed by atoms with Crippen molar-refractivity contribution in [3.8, 4) is 0 Å². The van der Waals surface area contributed by atoms with Crippen molar-refractivity contribution >= 4 is 10.8 Å². The number of hydrogen-bond acceptors (Lipinski definition) is 4. The Hall–Kier alpha value is -0.720. The molecule has 0 amide bonds. The van der Waals surface area contributed by atoms with Gasteiger partial charge in [0.05, 0.1) is 24.7 Å². The van der Waals surface area contributed by atoms with Gasteiger partial charge in [0, 0.05) is 35.5 Å². The van der Waals surface area contributed by atoms with Crippen LogP contribution in [0.5, 0.6) is 0 Å². The average Bonchev–Trinajstić information content (AvgIpc) is 2.64. The molecular formula is C9H17N3O2S. The fourth-order valence-electron chi connectivity index (χ4n) is 1.36. The van der Waals surface area contributed by atoms with Crippen LogP contribution in [0.3, 0.4) is 0 Å². The Morgan fingerprint density at radius 1 is 1.73 bits per heavy atom. The zero-order valence-electron chi connectivity index (χ0n) is 8.80. The lowest BCUT2D eigenvalue weighted by Gasteiger charge is -2.11. The molecule has 2 unspecified atom stereocenters. The molecule has 5 nitrogen and oxygen atoms in total. The number of aryl methyl sites for hydroxylation is 1. The second kappa shape index (κ2) is 5.99. The third-order valence-electron chi connectivity index (χ3n) is 2.15. The van der Waals surface area contributed by atoms with Crippen molar-refractivity contribution in [2.75, 3.05) is 18.6 Å². The first kappa shape index (κ1) is 12.4. The maximum Gasteiger partial charge on any atom is 0.0948 e. The maximum atomic E-state index is 10.9. The molecule has 0 radical (unpaired) electrons. The number of nitrogens with zero attached hydrogens (tertiary/aromatic N) is 2. The molecule has 1 heterocycles. The summed E-state index contributed by atoms with van der Waals surface area (Å²) in [5.74, 6) is 0.673. The fraction of sp³-hybridized carbons (Fsp3) is 0.667. The second-order valence-electron chi connectivity index (χ2n) is 3.43. The summed E-state index contributed by atoms with van der Waals surface area (Å²) in [6, 6.07) is -0.389. The summed E-state index contributed by atoms with van der Waals surface area (Å²) in [6.07, 6.45) is 5.85. The van der Waals surface area contributed by atoms with Crippen LogP contribution in [0.1, 0.15) is 18.2 Å². The van der Waals surface area contributed by atoms with E-state index in [0.29, 0.717) is 5.75 Å². The van der Waals surface area contributed by atoms with Crippen molar-refractivity contribution in [3.63, 3.8) is 0 Å². The van der Waals surface area contributed by atoms with E-state index in [1.54, 1.807) is 18.8 Å². The lowest BCUT2D eigenvalue weighted by molar-refractivity contribution is 0.263. The van der Waals surface area contributed by atoms with Gasteiger partial charge in [-0.15, -0.1) is 0 Å². The molecule has 1 aromatic heterocycles. The summed E-state index contributed by atoms with van der Waals surface area (Å²) >= 11 is 0. The smallest absolute Gasteiger partial charge is 0.0948 e. The summed E-state index contributed by atoms with van der Waals surface area (Å²) in [7, 11) is -0.761. The molecule has 0 fully saturated rings. The van der Waals surface area contributed by atoms with Gasteiger partial charge in [0.1, 0.15) is 0 Å². The molecule has 0 spiro atoms. The van der Waals surface area contributed by atoms with Crippen LogP contribution in [0.2, 0.25) is 0 Å².